The van der Waals surface area contributed by atoms with Gasteiger partial charge in [0.2, 0.25) is 5.88 Å². The topological polar surface area (TPSA) is 84.7 Å². The van der Waals surface area contributed by atoms with E-state index < -0.39 is 0 Å². The van der Waals surface area contributed by atoms with Crippen LogP contribution in [0.2, 0.25) is 0 Å². The third kappa shape index (κ3) is 3.48. The van der Waals surface area contributed by atoms with Gasteiger partial charge in [-0.3, -0.25) is 4.79 Å². The molecule has 0 unspecified atom stereocenters. The van der Waals surface area contributed by atoms with Crippen LogP contribution in [0.15, 0.2) is 36.5 Å². The standard InChI is InChI=1S/C18H17N3O4/c1-23-13-3-4-15(16(8-13)24-2)18(22)21-10-14(11-21)25-17-7-12(9-19)5-6-20-17/h3-8,14H,10-11H2,1-2H3. The number of aromatic nitrogens is 1. The molecule has 0 atom stereocenters. The maximum absolute atomic E-state index is 12.6. The minimum absolute atomic E-state index is 0.127. The molecule has 7 nitrogen and oxygen atoms in total. The second kappa shape index (κ2) is 7.09. The molecule has 1 aliphatic rings. The van der Waals surface area contributed by atoms with Crippen LogP contribution in [0.4, 0.5) is 0 Å². The first-order valence-electron chi connectivity index (χ1n) is 7.68. The van der Waals surface area contributed by atoms with Gasteiger partial charge in [-0.05, 0) is 18.2 Å². The van der Waals surface area contributed by atoms with Crippen molar-refractivity contribution in [1.29, 1.82) is 5.26 Å². The summed E-state index contributed by atoms with van der Waals surface area (Å²) < 4.78 is 16.1. The Bertz CT molecular complexity index is 825. The van der Waals surface area contributed by atoms with Crippen molar-refractivity contribution in [2.24, 2.45) is 0 Å². The molecular weight excluding hydrogens is 322 g/mol. The molecule has 0 radical (unpaired) electrons. The summed E-state index contributed by atoms with van der Waals surface area (Å²) in [5.41, 5.74) is 0.964. The molecule has 1 aromatic carbocycles. The Morgan fingerprint density at radius 1 is 1.24 bits per heavy atom. The summed E-state index contributed by atoms with van der Waals surface area (Å²) in [6.45, 7) is 0.902. The van der Waals surface area contributed by atoms with Crippen molar-refractivity contribution in [1.82, 2.24) is 9.88 Å². The van der Waals surface area contributed by atoms with Gasteiger partial charge >= 0.3 is 0 Å². The number of pyridine rings is 1. The van der Waals surface area contributed by atoms with Gasteiger partial charge < -0.3 is 19.1 Å². The molecule has 1 amide bonds. The van der Waals surface area contributed by atoms with E-state index in [0.717, 1.165) is 0 Å². The molecule has 2 heterocycles. The van der Waals surface area contributed by atoms with Crippen LogP contribution >= 0.6 is 0 Å². The highest BCUT2D eigenvalue weighted by Crippen LogP contribution is 2.27. The van der Waals surface area contributed by atoms with Crippen LogP contribution in [-0.2, 0) is 0 Å². The van der Waals surface area contributed by atoms with Crippen molar-refractivity contribution in [2.75, 3.05) is 27.3 Å². The zero-order valence-corrected chi connectivity index (χ0v) is 13.9. The number of amides is 1. The Morgan fingerprint density at radius 3 is 2.72 bits per heavy atom. The first-order valence-corrected chi connectivity index (χ1v) is 7.68. The van der Waals surface area contributed by atoms with E-state index in [-0.39, 0.29) is 12.0 Å². The third-order valence-electron chi connectivity index (χ3n) is 3.93. The maximum Gasteiger partial charge on any atom is 0.257 e. The number of rotatable bonds is 5. The molecule has 0 spiro atoms. The molecular formula is C18H17N3O4. The Balaban J connectivity index is 1.62. The molecule has 1 aliphatic heterocycles. The molecule has 128 valence electrons. The normalized spacial score (nSPS) is 13.6. The Kier molecular flexibility index (Phi) is 4.70. The van der Waals surface area contributed by atoms with Gasteiger partial charge in [-0.25, -0.2) is 4.98 Å². The number of ether oxygens (including phenoxy) is 3. The summed E-state index contributed by atoms with van der Waals surface area (Å²) in [6.07, 6.45) is 1.38. The first-order chi connectivity index (χ1) is 12.1. The number of carbonyl (C=O) groups is 1. The van der Waals surface area contributed by atoms with Gasteiger partial charge in [0, 0.05) is 18.3 Å². The molecule has 0 aliphatic carbocycles. The van der Waals surface area contributed by atoms with Crippen LogP contribution in [-0.4, -0.2) is 49.2 Å². The number of carbonyl (C=O) groups excluding carboxylic acids is 1. The fourth-order valence-corrected chi connectivity index (χ4v) is 2.54. The van der Waals surface area contributed by atoms with Gasteiger partial charge in [-0.2, -0.15) is 5.26 Å². The van der Waals surface area contributed by atoms with Gasteiger partial charge in [0.25, 0.3) is 5.91 Å². The highest BCUT2D eigenvalue weighted by molar-refractivity contribution is 5.97. The molecule has 3 rings (SSSR count). The molecule has 2 aromatic rings. The predicted octanol–water partition coefficient (Wildman–Crippen LogP) is 1.87. The highest BCUT2D eigenvalue weighted by atomic mass is 16.5. The lowest BCUT2D eigenvalue weighted by Gasteiger charge is -2.38. The van der Waals surface area contributed by atoms with Crippen LogP contribution in [0.5, 0.6) is 17.4 Å². The molecule has 7 heteroatoms. The van der Waals surface area contributed by atoms with Gasteiger partial charge in [-0.1, -0.05) is 0 Å². The van der Waals surface area contributed by atoms with Crippen molar-refractivity contribution in [3.05, 3.63) is 47.7 Å². The van der Waals surface area contributed by atoms with E-state index in [4.69, 9.17) is 19.5 Å². The van der Waals surface area contributed by atoms with Crippen LogP contribution in [0.25, 0.3) is 0 Å². The number of hydrogen-bond donors (Lipinski definition) is 0. The highest BCUT2D eigenvalue weighted by Gasteiger charge is 2.34. The van der Waals surface area contributed by atoms with E-state index >= 15 is 0 Å². The molecule has 0 saturated carbocycles. The summed E-state index contributed by atoms with van der Waals surface area (Å²) in [7, 11) is 3.07. The van der Waals surface area contributed by atoms with Gasteiger partial charge in [0.05, 0.1) is 44.5 Å². The van der Waals surface area contributed by atoms with E-state index in [2.05, 4.69) is 4.98 Å². The molecule has 1 aromatic heterocycles. The molecule has 0 bridgehead atoms. The summed E-state index contributed by atoms with van der Waals surface area (Å²) >= 11 is 0. The quantitative estimate of drug-likeness (QED) is 0.827. The molecule has 25 heavy (non-hydrogen) atoms. The van der Waals surface area contributed by atoms with Crippen molar-refractivity contribution in [3.63, 3.8) is 0 Å². The van der Waals surface area contributed by atoms with E-state index in [0.29, 0.717) is 41.6 Å². The minimum atomic E-state index is -0.144. The molecule has 0 N–H and O–H groups in total. The Hall–Kier alpha value is -3.27. The second-order valence-electron chi connectivity index (χ2n) is 5.51. The number of likely N-dealkylation sites (tertiary alicyclic amines) is 1. The minimum Gasteiger partial charge on any atom is -0.497 e. The van der Waals surface area contributed by atoms with E-state index in [1.54, 1.807) is 42.3 Å². The zero-order valence-electron chi connectivity index (χ0n) is 13.9. The number of nitrogens with zero attached hydrogens (tertiary/aromatic N) is 3. The lowest BCUT2D eigenvalue weighted by atomic mass is 10.1. The summed E-state index contributed by atoms with van der Waals surface area (Å²) in [6, 6.07) is 10.3. The lowest BCUT2D eigenvalue weighted by molar-refractivity contribution is 0.0158. The monoisotopic (exact) mass is 339 g/mol. The van der Waals surface area contributed by atoms with Gasteiger partial charge in [0.1, 0.15) is 17.6 Å². The molecule has 1 fully saturated rings. The van der Waals surface area contributed by atoms with Crippen molar-refractivity contribution in [2.45, 2.75) is 6.10 Å². The van der Waals surface area contributed by atoms with Crippen molar-refractivity contribution in [3.8, 4) is 23.4 Å². The summed E-state index contributed by atoms with van der Waals surface area (Å²) in [4.78, 5) is 18.3. The fraction of sp³-hybridized carbons (Fsp3) is 0.278. The number of methoxy groups -OCH3 is 2. The van der Waals surface area contributed by atoms with Crippen LogP contribution in [0.1, 0.15) is 15.9 Å². The van der Waals surface area contributed by atoms with Crippen molar-refractivity contribution >= 4 is 5.91 Å². The lowest BCUT2D eigenvalue weighted by Crippen LogP contribution is -2.56. The van der Waals surface area contributed by atoms with Crippen LogP contribution in [0.3, 0.4) is 0 Å². The maximum atomic E-state index is 12.6. The average molecular weight is 339 g/mol. The van der Waals surface area contributed by atoms with E-state index in [1.165, 1.54) is 13.3 Å². The number of nitriles is 1. The zero-order chi connectivity index (χ0) is 17.8. The molecule has 1 saturated heterocycles. The fourth-order valence-electron chi connectivity index (χ4n) is 2.54. The third-order valence-corrected chi connectivity index (χ3v) is 3.93. The largest absolute Gasteiger partial charge is 0.497 e. The second-order valence-corrected chi connectivity index (χ2v) is 5.51. The predicted molar refractivity (Wildman–Crippen MR) is 88.8 cm³/mol. The van der Waals surface area contributed by atoms with Crippen LogP contribution < -0.4 is 14.2 Å². The average Bonchev–Trinajstić information content (AvgIpc) is 2.63. The van der Waals surface area contributed by atoms with Gasteiger partial charge in [0.15, 0.2) is 0 Å². The number of benzene rings is 1. The van der Waals surface area contributed by atoms with E-state index in [9.17, 15) is 4.79 Å². The summed E-state index contributed by atoms with van der Waals surface area (Å²) in [5, 5.41) is 8.89. The van der Waals surface area contributed by atoms with Crippen molar-refractivity contribution < 1.29 is 19.0 Å². The van der Waals surface area contributed by atoms with E-state index in [1.807, 2.05) is 6.07 Å². The Morgan fingerprint density at radius 2 is 2.04 bits per heavy atom. The smallest absolute Gasteiger partial charge is 0.257 e. The number of hydrogen-bond acceptors (Lipinski definition) is 6. The summed E-state index contributed by atoms with van der Waals surface area (Å²) in [5.74, 6) is 1.36. The van der Waals surface area contributed by atoms with Gasteiger partial charge in [-0.15, -0.1) is 0 Å². The first kappa shape index (κ1) is 16.6. The van der Waals surface area contributed by atoms with Crippen LogP contribution in [0, 0.1) is 11.3 Å². The Labute approximate surface area is 145 Å². The SMILES string of the molecule is COc1ccc(C(=O)N2CC(Oc3cc(C#N)ccn3)C2)c(OC)c1.